The van der Waals surface area contributed by atoms with Crippen molar-refractivity contribution in [3.63, 3.8) is 0 Å². The molecule has 0 radical (unpaired) electrons. The largest absolute Gasteiger partial charge is 0.479 e. The van der Waals surface area contributed by atoms with Gasteiger partial charge in [-0.15, -0.1) is 17.3 Å². The highest BCUT2D eigenvalue weighted by Crippen LogP contribution is 2.42. The third kappa shape index (κ3) is 23.3. The zero-order valence-electron chi connectivity index (χ0n) is 47.9. The molecule has 25 atom stereocenters. The van der Waals surface area contributed by atoms with Gasteiger partial charge >= 0.3 is 43.1 Å². The van der Waals surface area contributed by atoms with Gasteiger partial charge in [-0.2, -0.15) is 25.3 Å². The molecule has 5 fully saturated rings. The van der Waals surface area contributed by atoms with Crippen LogP contribution in [0.5, 0.6) is 0 Å². The Morgan fingerprint density at radius 1 is 0.366 bits per heavy atom. The molecule has 56 heteroatoms. The van der Waals surface area contributed by atoms with Crippen molar-refractivity contribution in [2.24, 2.45) is 5.73 Å². The molecule has 546 valence electrons. The first-order valence-corrected chi connectivity index (χ1v) is 31.8. The van der Waals surface area contributed by atoms with E-state index < -0.39 is 216 Å². The molecule has 0 amide bonds. The fourth-order valence-corrected chi connectivity index (χ4v) is 12.1. The summed E-state index contributed by atoms with van der Waals surface area (Å²) in [5.41, 5.74) is 6.46. The maximum absolute atomic E-state index is 13.5. The van der Waals surface area contributed by atoms with Crippen molar-refractivity contribution in [1.29, 1.82) is 0 Å². The summed E-state index contributed by atoms with van der Waals surface area (Å²) >= 11 is -0.825. The molecule has 0 bridgehead atoms. The lowest BCUT2D eigenvalue weighted by atomic mass is 9.94. The summed E-state index contributed by atoms with van der Waals surface area (Å²) in [5, 5.41) is 71.9. The summed E-state index contributed by atoms with van der Waals surface area (Å²) in [6.07, 6.45) is -46.4. The molecular weight excluding hydrogens is 1450 g/mol. The predicted molar refractivity (Wildman–Crippen MR) is 279 cm³/mol. The minimum absolute atomic E-state index is 0.101. The normalized spacial score (nSPS) is 37.2. The average Bonchev–Trinajstić information content (AvgIpc) is 0.772. The van der Waals surface area contributed by atoms with E-state index in [1.165, 1.54) is 14.2 Å². The maximum atomic E-state index is 13.5. The fraction of sp³-hybridized carbons (Fsp3) is 0.946. The number of hydrogen-bond donors (Lipinski definition) is 10. The summed E-state index contributed by atoms with van der Waals surface area (Å²) < 4.78 is 247. The van der Waals surface area contributed by atoms with Gasteiger partial charge in [-0.25, -0.2) is 43.2 Å². The van der Waals surface area contributed by atoms with Gasteiger partial charge in [0, 0.05) is 49.8 Å². The zero-order valence-corrected chi connectivity index (χ0v) is 53.7. The van der Waals surface area contributed by atoms with E-state index in [0.717, 1.165) is 35.5 Å². The molecule has 49 nitrogen and oxygen atoms in total. The van der Waals surface area contributed by atoms with Crippen LogP contribution in [0.3, 0.4) is 0 Å². The fourth-order valence-electron chi connectivity index (χ4n) is 9.78. The van der Waals surface area contributed by atoms with Gasteiger partial charge in [-0.3, -0.25) is 30.4 Å². The summed E-state index contributed by atoms with van der Waals surface area (Å²) in [6, 6.07) is -1.41. The van der Waals surface area contributed by atoms with E-state index in [0.29, 0.717) is 0 Å². The quantitative estimate of drug-likeness (QED) is 0.00925. The van der Waals surface area contributed by atoms with E-state index in [4.69, 9.17) is 119 Å². The van der Waals surface area contributed by atoms with Crippen LogP contribution < -0.4 is 5.73 Å². The standard InChI is InChI=1S/C37H63NO48S7/c1-56-15-11(8-63-91(47,48)49)66-33(14(38)18(15)57-2)71-21-19(58-3)27(60-5)35(73-25(21)31(39)40)70-17-13(10-65-93(53,54)55)68-37(30(78-90-86-82-46)24(17)76-88-84-80-44)72-22-20(59-4)28(61-6)36(74-26(22)32(41)42)69-16-12(9-64-92(50,51)52)67-34(62-7)29(77-89-85-81-45)23(16)75-87-83-79-43/h11-30,33-37,43-46H,8-10,38H2,1-7H3,(H,39,40)(H,41,42)(H,47,48,49)(H,50,51,52)(H,53,54,55)/t11?,12?,13-,14?,15+,16+,17+,18+,19-,20?,21-,22-,23-,24?,25?,26+,27?,28?,29?,30?,33+,34-,35+,36+,37+/m0/s1. The Labute approximate surface area is 541 Å². The Bertz CT molecular complexity index is 2560. The predicted octanol–water partition coefficient (Wildman–Crippen LogP) is -3.68. The second kappa shape index (κ2) is 39.6. The Balaban J connectivity index is 1.58. The van der Waals surface area contributed by atoms with E-state index in [2.05, 4.69) is 50.0 Å². The summed E-state index contributed by atoms with van der Waals surface area (Å²) in [6.45, 7) is -3.55. The number of carbonyl (C=O) groups is 2. The van der Waals surface area contributed by atoms with E-state index in [1.807, 2.05) is 0 Å². The van der Waals surface area contributed by atoms with Crippen LogP contribution in [0.15, 0.2) is 0 Å². The molecule has 5 saturated heterocycles. The molecule has 0 aromatic heterocycles. The highest BCUT2D eigenvalue weighted by molar-refractivity contribution is 7.90. The van der Waals surface area contributed by atoms with Gasteiger partial charge in [-0.1, -0.05) is 20.2 Å². The highest BCUT2D eigenvalue weighted by Gasteiger charge is 2.61. The number of nitrogens with two attached hydrogens (primary N) is 1. The Morgan fingerprint density at radius 2 is 0.656 bits per heavy atom. The monoisotopic (exact) mass is 1510 g/mol. The van der Waals surface area contributed by atoms with E-state index in [-0.39, 0.29) is 49.3 Å². The van der Waals surface area contributed by atoms with Crippen LogP contribution in [0.25, 0.3) is 0 Å². The van der Waals surface area contributed by atoms with Crippen molar-refractivity contribution in [2.75, 3.05) is 69.6 Å². The maximum Gasteiger partial charge on any atom is 0.397 e. The van der Waals surface area contributed by atoms with Gasteiger partial charge in [0.2, 0.25) is 0 Å². The van der Waals surface area contributed by atoms with Crippen LogP contribution in [-0.4, -0.2) is 305 Å². The molecule has 0 saturated carbocycles. The van der Waals surface area contributed by atoms with Crippen LogP contribution in [0.2, 0.25) is 0 Å². The summed E-state index contributed by atoms with van der Waals surface area (Å²) in [7, 11) is -8.62. The average molecular weight is 1510 g/mol. The molecule has 0 spiro atoms. The number of hydrogen-bond acceptors (Lipinski definition) is 48. The van der Waals surface area contributed by atoms with Crippen molar-refractivity contribution in [3.05, 3.63) is 0 Å². The molecule has 0 aromatic carbocycles. The minimum Gasteiger partial charge on any atom is -0.479 e. The number of ether oxygens (including phenoxy) is 16. The topological polar surface area (TPSA) is 631 Å². The molecule has 0 aliphatic carbocycles. The van der Waals surface area contributed by atoms with Gasteiger partial charge in [0.05, 0.1) is 25.9 Å². The molecule has 5 heterocycles. The molecular formula is C37H63NO48S7. The van der Waals surface area contributed by atoms with Crippen LogP contribution in [-0.2, 0) is 183 Å². The Morgan fingerprint density at radius 3 is 0.978 bits per heavy atom. The number of methoxy groups -OCH3 is 7. The number of carboxylic acid groups (broad SMARTS) is 2. The number of carboxylic acids is 2. The van der Waals surface area contributed by atoms with Gasteiger partial charge in [0.1, 0.15) is 91.6 Å². The molecule has 5 aliphatic rings. The van der Waals surface area contributed by atoms with Crippen molar-refractivity contribution >= 4 is 92.4 Å². The molecule has 0 aromatic rings. The molecule has 5 rings (SSSR count). The van der Waals surface area contributed by atoms with Gasteiger partial charge < -0.3 is 91.7 Å². The van der Waals surface area contributed by atoms with Crippen LogP contribution in [0.4, 0.5) is 0 Å². The molecule has 11 N–H and O–H groups in total. The van der Waals surface area contributed by atoms with E-state index in [1.54, 1.807) is 0 Å². The first kappa shape index (κ1) is 82.3. The van der Waals surface area contributed by atoms with Crippen molar-refractivity contribution in [1.82, 2.24) is 0 Å². The third-order valence-corrected chi connectivity index (χ3v) is 16.3. The van der Waals surface area contributed by atoms with Crippen LogP contribution in [0, 0.1) is 0 Å². The minimum atomic E-state index is -5.53. The summed E-state index contributed by atoms with van der Waals surface area (Å²) in [5.74, 6) is -3.81. The molecule has 93 heavy (non-hydrogen) atoms. The van der Waals surface area contributed by atoms with Gasteiger partial charge in [0.15, 0.2) is 105 Å². The Kier molecular flexibility index (Phi) is 35.0. The molecule has 5 aliphatic heterocycles. The second-order valence-electron chi connectivity index (χ2n) is 18.3. The number of aliphatic carboxylic acids is 2. The first-order valence-electron chi connectivity index (χ1n) is 25.0. The van der Waals surface area contributed by atoms with E-state index in [9.17, 15) is 58.7 Å². The molecule has 10 unspecified atom stereocenters. The third-order valence-electron chi connectivity index (χ3n) is 13.4. The van der Waals surface area contributed by atoms with Crippen molar-refractivity contribution < 1.29 is 222 Å². The van der Waals surface area contributed by atoms with Crippen molar-refractivity contribution in [2.45, 2.75) is 153 Å². The SMILES string of the molecule is COC1C(OC)[C@H](O[C@H]2O[C@@H](COS(=O)(=O)O)[C@@H](O[C@@H]3OC(C(=O)O)[C@@H](O[C@H]4OC(COS(=O)(=O)O)[C@@H](OC)[C@H](OC)C4N)[C@H](OC)C3OC)C(OSOOO)C2OSOOO)[C@H](C(=O)O)O[C@H]1O[C@@H]1C(COS(=O)(=O)O)O[C@H](OC)C(OSOOO)[C@H]1OSOOO. The lowest BCUT2D eigenvalue weighted by Crippen LogP contribution is -2.69. The second-order valence-corrected chi connectivity index (χ2v) is 23.4. The van der Waals surface area contributed by atoms with Gasteiger partial charge in [-0.05, 0) is 0 Å². The van der Waals surface area contributed by atoms with Crippen LogP contribution in [0.1, 0.15) is 0 Å². The Hall–Kier alpha value is -1.37. The van der Waals surface area contributed by atoms with Crippen LogP contribution >= 0.6 is 49.3 Å². The lowest BCUT2D eigenvalue weighted by Gasteiger charge is -2.51. The number of rotatable bonds is 42. The summed E-state index contributed by atoms with van der Waals surface area (Å²) in [4.78, 5) is 26.7. The smallest absolute Gasteiger partial charge is 0.397 e. The van der Waals surface area contributed by atoms with Crippen molar-refractivity contribution in [3.8, 4) is 0 Å². The first-order chi connectivity index (χ1) is 44.1. The van der Waals surface area contributed by atoms with E-state index >= 15 is 0 Å². The zero-order chi connectivity index (χ0) is 69.0. The van der Waals surface area contributed by atoms with Gasteiger partial charge in [0.25, 0.3) is 0 Å². The lowest BCUT2D eigenvalue weighted by molar-refractivity contribution is -0.437. The highest BCUT2D eigenvalue weighted by atomic mass is 32.3.